The summed E-state index contributed by atoms with van der Waals surface area (Å²) >= 11 is 0. The minimum Gasteiger partial charge on any atom is -0.426 e. The molecular weight excluding hydrogens is 302 g/mol. The van der Waals surface area contributed by atoms with E-state index >= 15 is 0 Å². The second kappa shape index (κ2) is 7.36. The Balaban J connectivity index is 1.78. The third-order valence-electron chi connectivity index (χ3n) is 4.84. The summed E-state index contributed by atoms with van der Waals surface area (Å²) in [5.41, 5.74) is 2.22. The fourth-order valence-electron chi connectivity index (χ4n) is 3.28. The van der Waals surface area contributed by atoms with Gasteiger partial charge in [-0.1, -0.05) is 6.07 Å². The topological polar surface area (TPSA) is 48.6 Å². The number of hydrogen-bond acceptors (Lipinski definition) is 4. The molecule has 1 saturated heterocycles. The summed E-state index contributed by atoms with van der Waals surface area (Å²) in [7, 11) is 6.23. The van der Waals surface area contributed by atoms with E-state index in [1.54, 1.807) is 0 Å². The van der Waals surface area contributed by atoms with Gasteiger partial charge in [0.05, 0.1) is 5.92 Å². The highest BCUT2D eigenvalue weighted by molar-refractivity contribution is 5.91. The number of benzene rings is 1. The fraction of sp³-hybridized carbons (Fsp3) is 0.526. The molecule has 3 rings (SSSR count). The highest BCUT2D eigenvalue weighted by Gasteiger charge is 2.25. The highest BCUT2D eigenvalue weighted by Crippen LogP contribution is 2.30. The zero-order valence-electron chi connectivity index (χ0n) is 14.8. The van der Waals surface area contributed by atoms with E-state index in [-0.39, 0.29) is 11.9 Å². The lowest BCUT2D eigenvalue weighted by Gasteiger charge is -2.27. The molecule has 0 amide bonds. The van der Waals surface area contributed by atoms with Crippen LogP contribution in [0.15, 0.2) is 24.4 Å². The Morgan fingerprint density at radius 3 is 2.79 bits per heavy atom. The first-order valence-corrected chi connectivity index (χ1v) is 8.68. The van der Waals surface area contributed by atoms with Gasteiger partial charge in [-0.3, -0.25) is 4.79 Å². The first kappa shape index (κ1) is 17.0. The number of likely N-dealkylation sites (N-methyl/N-ethyl adjacent to an activating group) is 1. The van der Waals surface area contributed by atoms with Gasteiger partial charge in [0.15, 0.2) is 0 Å². The molecule has 2 aromatic rings. The van der Waals surface area contributed by atoms with Gasteiger partial charge in [0.25, 0.3) is 0 Å². The summed E-state index contributed by atoms with van der Waals surface area (Å²) in [5, 5.41) is 1.04. The minimum atomic E-state index is -0.0876. The standard InChI is InChI=1S/C19H27N3O2/c1-21(2)10-7-15-13-20-16-5-4-6-17(18(15)16)24-19(23)14-8-11-22(3)12-9-14/h4-6,13-14,20H,7-12H2,1-3H3. The monoisotopic (exact) mass is 329 g/mol. The number of esters is 1. The van der Waals surface area contributed by atoms with Crippen molar-refractivity contribution in [1.29, 1.82) is 0 Å². The number of rotatable bonds is 5. The highest BCUT2D eigenvalue weighted by atomic mass is 16.5. The zero-order valence-corrected chi connectivity index (χ0v) is 14.8. The van der Waals surface area contributed by atoms with Crippen LogP contribution in [0.25, 0.3) is 10.9 Å². The minimum absolute atomic E-state index is 0.0145. The number of nitrogens with one attached hydrogen (secondary N) is 1. The summed E-state index contributed by atoms with van der Waals surface area (Å²) < 4.78 is 5.82. The number of H-pyrrole nitrogens is 1. The molecule has 0 atom stereocenters. The molecule has 1 aliphatic heterocycles. The number of aromatic amines is 1. The second-order valence-corrected chi connectivity index (χ2v) is 7.04. The molecule has 0 spiro atoms. The average molecular weight is 329 g/mol. The molecule has 1 aliphatic rings. The van der Waals surface area contributed by atoms with E-state index in [1.165, 1.54) is 5.56 Å². The summed E-state index contributed by atoms with van der Waals surface area (Å²) in [5.74, 6) is 0.613. The number of carbonyl (C=O) groups is 1. The maximum absolute atomic E-state index is 12.6. The SMILES string of the molecule is CN(C)CCc1c[nH]c2cccc(OC(=O)C3CCN(C)CC3)c12. The maximum Gasteiger partial charge on any atom is 0.314 e. The fourth-order valence-corrected chi connectivity index (χ4v) is 3.28. The normalized spacial score (nSPS) is 16.8. The molecule has 0 saturated carbocycles. The lowest BCUT2D eigenvalue weighted by molar-refractivity contribution is -0.140. The molecule has 1 N–H and O–H groups in total. The quantitative estimate of drug-likeness (QED) is 0.676. The molecule has 0 aliphatic carbocycles. The van der Waals surface area contributed by atoms with E-state index in [9.17, 15) is 4.79 Å². The van der Waals surface area contributed by atoms with Crippen molar-refractivity contribution in [3.05, 3.63) is 30.0 Å². The molecule has 2 heterocycles. The van der Waals surface area contributed by atoms with E-state index < -0.39 is 0 Å². The lowest BCUT2D eigenvalue weighted by atomic mass is 9.97. The molecule has 0 bridgehead atoms. The number of likely N-dealkylation sites (tertiary alicyclic amines) is 1. The van der Waals surface area contributed by atoms with Crippen LogP contribution in [-0.2, 0) is 11.2 Å². The van der Waals surface area contributed by atoms with Gasteiger partial charge in [-0.15, -0.1) is 0 Å². The van der Waals surface area contributed by atoms with E-state index in [0.29, 0.717) is 5.75 Å². The number of ether oxygens (including phenoxy) is 1. The van der Waals surface area contributed by atoms with Gasteiger partial charge < -0.3 is 19.5 Å². The molecule has 1 fully saturated rings. The molecule has 1 aromatic carbocycles. The Labute approximate surface area is 143 Å². The summed E-state index contributed by atoms with van der Waals surface area (Å²) in [6.07, 6.45) is 4.72. The molecule has 1 aromatic heterocycles. The van der Waals surface area contributed by atoms with Gasteiger partial charge in [0.1, 0.15) is 5.75 Å². The van der Waals surface area contributed by atoms with Crippen LogP contribution in [0.3, 0.4) is 0 Å². The molecule has 130 valence electrons. The summed E-state index contributed by atoms with van der Waals surface area (Å²) in [6.45, 7) is 2.88. The number of fused-ring (bicyclic) bond motifs is 1. The van der Waals surface area contributed by atoms with Gasteiger partial charge in [-0.2, -0.15) is 0 Å². The van der Waals surface area contributed by atoms with Gasteiger partial charge in [0, 0.05) is 23.6 Å². The maximum atomic E-state index is 12.6. The van der Waals surface area contributed by atoms with E-state index in [0.717, 1.165) is 49.8 Å². The molecule has 5 heteroatoms. The Bertz CT molecular complexity index is 700. The van der Waals surface area contributed by atoms with E-state index in [2.05, 4.69) is 35.9 Å². The summed E-state index contributed by atoms with van der Waals surface area (Å²) in [6, 6.07) is 5.87. The molecule has 0 unspecified atom stereocenters. The van der Waals surface area contributed by atoms with Gasteiger partial charge in [-0.25, -0.2) is 0 Å². The van der Waals surface area contributed by atoms with Crippen molar-refractivity contribution in [2.75, 3.05) is 40.8 Å². The first-order chi connectivity index (χ1) is 11.5. The molecule has 0 radical (unpaired) electrons. The van der Waals surface area contributed by atoms with Crippen molar-refractivity contribution in [3.8, 4) is 5.75 Å². The molecular formula is C19H27N3O2. The third-order valence-corrected chi connectivity index (χ3v) is 4.84. The van der Waals surface area contributed by atoms with Crippen LogP contribution in [-0.4, -0.2) is 61.5 Å². The van der Waals surface area contributed by atoms with Crippen molar-refractivity contribution >= 4 is 16.9 Å². The van der Waals surface area contributed by atoms with Crippen molar-refractivity contribution in [2.45, 2.75) is 19.3 Å². The first-order valence-electron chi connectivity index (χ1n) is 8.68. The van der Waals surface area contributed by atoms with Crippen LogP contribution < -0.4 is 4.74 Å². The van der Waals surface area contributed by atoms with Crippen LogP contribution in [0.2, 0.25) is 0 Å². The van der Waals surface area contributed by atoms with E-state index in [1.807, 2.05) is 24.4 Å². The zero-order chi connectivity index (χ0) is 17.1. The summed E-state index contributed by atoms with van der Waals surface area (Å²) in [4.78, 5) is 20.3. The number of piperidine rings is 1. The Morgan fingerprint density at radius 2 is 2.08 bits per heavy atom. The third kappa shape index (κ3) is 3.79. The van der Waals surface area contributed by atoms with Crippen LogP contribution >= 0.6 is 0 Å². The van der Waals surface area contributed by atoms with Crippen molar-refractivity contribution in [1.82, 2.24) is 14.8 Å². The van der Waals surface area contributed by atoms with Crippen LogP contribution in [0.4, 0.5) is 0 Å². The second-order valence-electron chi connectivity index (χ2n) is 7.04. The number of carbonyl (C=O) groups excluding carboxylic acids is 1. The smallest absolute Gasteiger partial charge is 0.314 e. The van der Waals surface area contributed by atoms with Gasteiger partial charge >= 0.3 is 5.97 Å². The van der Waals surface area contributed by atoms with E-state index in [4.69, 9.17) is 4.74 Å². The Morgan fingerprint density at radius 1 is 1.33 bits per heavy atom. The Kier molecular flexibility index (Phi) is 5.21. The molecule has 5 nitrogen and oxygen atoms in total. The number of hydrogen-bond donors (Lipinski definition) is 1. The van der Waals surface area contributed by atoms with Crippen LogP contribution in [0.1, 0.15) is 18.4 Å². The predicted octanol–water partition coefficient (Wildman–Crippen LogP) is 2.52. The largest absolute Gasteiger partial charge is 0.426 e. The number of nitrogens with zero attached hydrogens (tertiary/aromatic N) is 2. The van der Waals surface area contributed by atoms with Crippen LogP contribution in [0.5, 0.6) is 5.75 Å². The average Bonchev–Trinajstić information content (AvgIpc) is 2.97. The van der Waals surface area contributed by atoms with Gasteiger partial charge in [-0.05, 0) is 71.2 Å². The van der Waals surface area contributed by atoms with Gasteiger partial charge in [0.2, 0.25) is 0 Å². The van der Waals surface area contributed by atoms with Crippen molar-refractivity contribution < 1.29 is 9.53 Å². The number of aromatic nitrogens is 1. The van der Waals surface area contributed by atoms with Crippen molar-refractivity contribution in [3.63, 3.8) is 0 Å². The lowest BCUT2D eigenvalue weighted by Crippen LogP contribution is -2.35. The Hall–Kier alpha value is -1.85. The predicted molar refractivity (Wildman–Crippen MR) is 96.4 cm³/mol. The molecule has 24 heavy (non-hydrogen) atoms. The van der Waals surface area contributed by atoms with Crippen molar-refractivity contribution in [2.24, 2.45) is 5.92 Å². The van der Waals surface area contributed by atoms with Crippen LogP contribution in [0, 0.1) is 5.92 Å².